The standard InChI is InChI=1S/C15H11Cl3F3N3O3S/c16-9-2-4-11(18)13(6-9)28(26,27)24(7-14(25)23-22)12-5-8(15(19,20)21)1-3-10(12)17/h1-6H,7,22H2,(H,23,25). The number of alkyl halides is 3. The predicted molar refractivity (Wildman–Crippen MR) is 99.8 cm³/mol. The zero-order valence-electron chi connectivity index (χ0n) is 13.6. The lowest BCUT2D eigenvalue weighted by Crippen LogP contribution is -2.43. The molecule has 0 aromatic heterocycles. The number of sulfonamides is 1. The van der Waals surface area contributed by atoms with E-state index in [-0.39, 0.29) is 15.1 Å². The van der Waals surface area contributed by atoms with Crippen molar-refractivity contribution >= 4 is 56.4 Å². The van der Waals surface area contributed by atoms with Gasteiger partial charge in [0.15, 0.2) is 0 Å². The molecule has 1 amide bonds. The third-order valence-corrected chi connectivity index (χ3v) is 6.25. The molecule has 0 radical (unpaired) electrons. The number of carbonyl (C=O) groups is 1. The van der Waals surface area contributed by atoms with Crippen molar-refractivity contribution in [2.75, 3.05) is 10.8 Å². The number of amides is 1. The number of anilines is 1. The lowest BCUT2D eigenvalue weighted by Gasteiger charge is -2.26. The van der Waals surface area contributed by atoms with E-state index in [1.165, 1.54) is 12.1 Å². The van der Waals surface area contributed by atoms with Gasteiger partial charge in [-0.05, 0) is 36.4 Å². The van der Waals surface area contributed by atoms with Gasteiger partial charge in [-0.3, -0.25) is 14.5 Å². The van der Waals surface area contributed by atoms with Gasteiger partial charge < -0.3 is 0 Å². The molecule has 2 aromatic rings. The van der Waals surface area contributed by atoms with Crippen LogP contribution in [0.5, 0.6) is 0 Å². The van der Waals surface area contributed by atoms with Crippen LogP contribution in [0, 0.1) is 0 Å². The summed E-state index contributed by atoms with van der Waals surface area (Å²) in [6, 6.07) is 5.53. The van der Waals surface area contributed by atoms with Crippen molar-refractivity contribution in [2.24, 2.45) is 5.84 Å². The summed E-state index contributed by atoms with van der Waals surface area (Å²) >= 11 is 17.7. The highest BCUT2D eigenvalue weighted by Gasteiger charge is 2.35. The van der Waals surface area contributed by atoms with Crippen molar-refractivity contribution in [3.63, 3.8) is 0 Å². The summed E-state index contributed by atoms with van der Waals surface area (Å²) in [6.07, 6.45) is -4.78. The highest BCUT2D eigenvalue weighted by Crippen LogP contribution is 2.38. The molecule has 0 saturated carbocycles. The van der Waals surface area contributed by atoms with Crippen LogP contribution < -0.4 is 15.6 Å². The predicted octanol–water partition coefficient (Wildman–Crippen LogP) is 3.85. The molecular weight excluding hydrogens is 466 g/mol. The van der Waals surface area contributed by atoms with E-state index in [1.54, 1.807) is 5.43 Å². The Bertz CT molecular complexity index is 1020. The van der Waals surface area contributed by atoms with E-state index in [0.29, 0.717) is 16.4 Å². The summed E-state index contributed by atoms with van der Waals surface area (Å²) in [5.74, 6) is 3.99. The van der Waals surface area contributed by atoms with Crippen LogP contribution in [0.4, 0.5) is 18.9 Å². The quantitative estimate of drug-likeness (QED) is 0.389. The Kier molecular flexibility index (Phi) is 6.72. The molecule has 13 heteroatoms. The first-order valence-corrected chi connectivity index (χ1v) is 9.79. The van der Waals surface area contributed by atoms with Crippen LogP contribution in [0.15, 0.2) is 41.3 Å². The van der Waals surface area contributed by atoms with Gasteiger partial charge >= 0.3 is 6.18 Å². The minimum Gasteiger partial charge on any atom is -0.293 e. The molecule has 6 nitrogen and oxygen atoms in total. The minimum atomic E-state index is -4.78. The molecule has 0 spiro atoms. The Morgan fingerprint density at radius 1 is 1.07 bits per heavy atom. The van der Waals surface area contributed by atoms with Crippen molar-refractivity contribution in [1.29, 1.82) is 0 Å². The van der Waals surface area contributed by atoms with E-state index in [9.17, 15) is 26.4 Å². The summed E-state index contributed by atoms with van der Waals surface area (Å²) in [5, 5.41) is -0.605. The molecule has 0 aliphatic heterocycles. The summed E-state index contributed by atoms with van der Waals surface area (Å²) < 4.78 is 65.8. The maximum Gasteiger partial charge on any atom is 0.416 e. The number of hydrogen-bond donors (Lipinski definition) is 2. The zero-order valence-corrected chi connectivity index (χ0v) is 16.7. The third kappa shape index (κ3) is 4.81. The van der Waals surface area contributed by atoms with Gasteiger partial charge in [0, 0.05) is 5.02 Å². The molecule has 0 aliphatic carbocycles. The monoisotopic (exact) mass is 475 g/mol. The minimum absolute atomic E-state index is 0.00124. The lowest BCUT2D eigenvalue weighted by molar-refractivity contribution is -0.137. The number of hydrazine groups is 1. The van der Waals surface area contributed by atoms with Crippen molar-refractivity contribution in [2.45, 2.75) is 11.1 Å². The molecule has 0 saturated heterocycles. The summed E-state index contributed by atoms with van der Waals surface area (Å²) in [6.45, 7) is -0.956. The molecular formula is C15H11Cl3F3N3O3S. The van der Waals surface area contributed by atoms with E-state index in [2.05, 4.69) is 0 Å². The van der Waals surface area contributed by atoms with Crippen molar-refractivity contribution in [1.82, 2.24) is 5.43 Å². The molecule has 0 bridgehead atoms. The van der Waals surface area contributed by atoms with Crippen LogP contribution in [0.1, 0.15) is 5.56 Å². The van der Waals surface area contributed by atoms with E-state index in [4.69, 9.17) is 40.6 Å². The largest absolute Gasteiger partial charge is 0.416 e. The molecule has 2 rings (SSSR count). The average molecular weight is 477 g/mol. The first-order chi connectivity index (χ1) is 12.9. The fraction of sp³-hybridized carbons (Fsp3) is 0.133. The molecule has 0 aliphatic rings. The molecule has 2 aromatic carbocycles. The molecule has 0 atom stereocenters. The Hall–Kier alpha value is -1.72. The Morgan fingerprint density at radius 3 is 2.25 bits per heavy atom. The lowest BCUT2D eigenvalue weighted by atomic mass is 10.2. The fourth-order valence-electron chi connectivity index (χ4n) is 2.15. The molecule has 0 heterocycles. The summed E-state index contributed by atoms with van der Waals surface area (Å²) in [5.41, 5.74) is -0.0463. The molecule has 0 fully saturated rings. The van der Waals surface area contributed by atoms with Crippen molar-refractivity contribution < 1.29 is 26.4 Å². The van der Waals surface area contributed by atoms with Gasteiger partial charge in [0.2, 0.25) is 0 Å². The third-order valence-electron chi connectivity index (χ3n) is 3.45. The number of nitrogens with two attached hydrogens (primary N) is 1. The van der Waals surface area contributed by atoms with Crippen LogP contribution in [0.25, 0.3) is 0 Å². The van der Waals surface area contributed by atoms with Crippen LogP contribution >= 0.6 is 34.8 Å². The normalized spacial score (nSPS) is 12.0. The second-order valence-electron chi connectivity index (χ2n) is 5.32. The highest BCUT2D eigenvalue weighted by molar-refractivity contribution is 7.93. The number of benzene rings is 2. The fourth-order valence-corrected chi connectivity index (χ4v) is 4.59. The van der Waals surface area contributed by atoms with Gasteiger partial charge in [-0.15, -0.1) is 0 Å². The first kappa shape index (κ1) is 22.6. The maximum atomic E-state index is 13.1. The van der Waals surface area contributed by atoms with E-state index in [1.807, 2.05) is 0 Å². The van der Waals surface area contributed by atoms with Crippen molar-refractivity contribution in [3.05, 3.63) is 57.0 Å². The first-order valence-electron chi connectivity index (χ1n) is 7.22. The van der Waals surface area contributed by atoms with Crippen LogP contribution in [-0.2, 0) is 21.0 Å². The number of carbonyl (C=O) groups excluding carboxylic acids is 1. The number of nitrogens with one attached hydrogen (secondary N) is 1. The Balaban J connectivity index is 2.73. The van der Waals surface area contributed by atoms with Gasteiger partial charge in [-0.25, -0.2) is 14.3 Å². The molecule has 28 heavy (non-hydrogen) atoms. The van der Waals surface area contributed by atoms with Gasteiger partial charge in [0.1, 0.15) is 11.4 Å². The van der Waals surface area contributed by atoms with E-state index >= 15 is 0 Å². The highest BCUT2D eigenvalue weighted by atomic mass is 35.5. The van der Waals surface area contributed by atoms with Gasteiger partial charge in [0.25, 0.3) is 15.9 Å². The van der Waals surface area contributed by atoms with Crippen LogP contribution in [0.3, 0.4) is 0 Å². The van der Waals surface area contributed by atoms with Gasteiger partial charge in [-0.1, -0.05) is 34.8 Å². The Labute approximate surface area is 173 Å². The second-order valence-corrected chi connectivity index (χ2v) is 8.40. The van der Waals surface area contributed by atoms with E-state index < -0.39 is 44.8 Å². The molecule has 152 valence electrons. The molecule has 3 N–H and O–H groups in total. The topological polar surface area (TPSA) is 92.5 Å². The van der Waals surface area contributed by atoms with Crippen LogP contribution in [0.2, 0.25) is 15.1 Å². The van der Waals surface area contributed by atoms with Gasteiger partial charge in [-0.2, -0.15) is 13.2 Å². The smallest absolute Gasteiger partial charge is 0.293 e. The van der Waals surface area contributed by atoms with E-state index in [0.717, 1.165) is 12.1 Å². The number of rotatable bonds is 5. The maximum absolute atomic E-state index is 13.1. The second kappa shape index (κ2) is 8.34. The SMILES string of the molecule is NNC(=O)CN(c1cc(C(F)(F)F)ccc1Cl)S(=O)(=O)c1cc(Cl)ccc1Cl. The Morgan fingerprint density at radius 2 is 1.68 bits per heavy atom. The van der Waals surface area contributed by atoms with Gasteiger partial charge in [0.05, 0.1) is 21.3 Å². The number of nitrogens with zero attached hydrogens (tertiary/aromatic N) is 1. The number of halogens is 6. The van der Waals surface area contributed by atoms with Crippen molar-refractivity contribution in [3.8, 4) is 0 Å². The average Bonchev–Trinajstić information content (AvgIpc) is 2.61. The molecule has 0 unspecified atom stereocenters. The summed E-state index contributed by atoms with van der Waals surface area (Å²) in [7, 11) is -4.65. The zero-order chi connectivity index (χ0) is 21.3. The summed E-state index contributed by atoms with van der Waals surface area (Å²) in [4.78, 5) is 11.2. The van der Waals surface area contributed by atoms with Crippen LogP contribution in [-0.4, -0.2) is 20.9 Å². The number of hydrogen-bond acceptors (Lipinski definition) is 4.